The molecule has 0 unspecified atom stereocenters. The Bertz CT molecular complexity index is 540. The van der Waals surface area contributed by atoms with Crippen LogP contribution >= 0.6 is 23.1 Å². The lowest BCUT2D eigenvalue weighted by Gasteiger charge is -2.14. The van der Waals surface area contributed by atoms with Crippen molar-refractivity contribution in [2.75, 3.05) is 5.75 Å². The molecule has 1 heterocycles. The molecule has 20 heavy (non-hydrogen) atoms. The van der Waals surface area contributed by atoms with Crippen molar-refractivity contribution in [3.63, 3.8) is 0 Å². The quantitative estimate of drug-likeness (QED) is 0.833. The summed E-state index contributed by atoms with van der Waals surface area (Å²) in [5.41, 5.74) is 4.09. The Morgan fingerprint density at radius 2 is 2.15 bits per heavy atom. The Morgan fingerprint density at radius 1 is 1.40 bits per heavy atom. The Hall–Kier alpha value is -1.40. The zero-order valence-corrected chi connectivity index (χ0v) is 13.1. The van der Waals surface area contributed by atoms with E-state index in [2.05, 4.69) is 46.7 Å². The summed E-state index contributed by atoms with van der Waals surface area (Å²) in [5.74, 6) is 0.379. The monoisotopic (exact) mass is 307 g/mol. The minimum atomic E-state index is 0.0114. The largest absolute Gasteiger partial charge is 0.349 e. The van der Waals surface area contributed by atoms with Crippen molar-refractivity contribution in [1.82, 2.24) is 15.5 Å². The number of aromatic nitrogens is 2. The smallest absolute Gasteiger partial charge is 0.230 e. The molecule has 1 N–H and O–H groups in total. The van der Waals surface area contributed by atoms with Crippen molar-refractivity contribution in [2.45, 2.75) is 30.6 Å². The van der Waals surface area contributed by atoms with E-state index in [4.69, 9.17) is 0 Å². The predicted molar refractivity (Wildman–Crippen MR) is 83.0 cm³/mol. The molecule has 2 aromatic rings. The van der Waals surface area contributed by atoms with Gasteiger partial charge >= 0.3 is 0 Å². The molecule has 0 fully saturated rings. The first-order chi connectivity index (χ1) is 9.69. The first kappa shape index (κ1) is 15.0. The topological polar surface area (TPSA) is 54.9 Å². The SMILES string of the molecule is CCc1ccc([C@H](C)NC(=O)CSc2nncs2)cc1. The van der Waals surface area contributed by atoms with Crippen LogP contribution in [0.25, 0.3) is 0 Å². The van der Waals surface area contributed by atoms with Crippen LogP contribution < -0.4 is 5.32 Å². The van der Waals surface area contributed by atoms with Gasteiger partial charge in [-0.05, 0) is 24.5 Å². The molecular weight excluding hydrogens is 290 g/mol. The third kappa shape index (κ3) is 4.31. The Balaban J connectivity index is 1.83. The van der Waals surface area contributed by atoms with Crippen molar-refractivity contribution in [3.8, 4) is 0 Å². The third-order valence-corrected chi connectivity index (χ3v) is 4.79. The van der Waals surface area contributed by atoms with E-state index in [1.54, 1.807) is 5.51 Å². The molecule has 1 amide bonds. The van der Waals surface area contributed by atoms with Gasteiger partial charge in [-0.1, -0.05) is 54.3 Å². The van der Waals surface area contributed by atoms with Gasteiger partial charge in [0.05, 0.1) is 11.8 Å². The minimum absolute atomic E-state index is 0.0114. The number of hydrogen-bond acceptors (Lipinski definition) is 5. The van der Waals surface area contributed by atoms with Crippen molar-refractivity contribution in [2.24, 2.45) is 0 Å². The van der Waals surface area contributed by atoms with Crippen molar-refractivity contribution in [3.05, 3.63) is 40.9 Å². The van der Waals surface area contributed by atoms with Gasteiger partial charge in [0.15, 0.2) is 4.34 Å². The van der Waals surface area contributed by atoms with Gasteiger partial charge in [0.25, 0.3) is 0 Å². The molecule has 1 aromatic heterocycles. The molecule has 6 heteroatoms. The van der Waals surface area contributed by atoms with Crippen LogP contribution in [0.5, 0.6) is 0 Å². The fourth-order valence-electron chi connectivity index (χ4n) is 1.76. The zero-order valence-electron chi connectivity index (χ0n) is 11.5. The summed E-state index contributed by atoms with van der Waals surface area (Å²) in [4.78, 5) is 11.9. The fraction of sp³-hybridized carbons (Fsp3) is 0.357. The highest BCUT2D eigenvalue weighted by Crippen LogP contribution is 2.19. The van der Waals surface area contributed by atoms with Gasteiger partial charge in [-0.15, -0.1) is 10.2 Å². The van der Waals surface area contributed by atoms with Crippen LogP contribution in [0.15, 0.2) is 34.1 Å². The van der Waals surface area contributed by atoms with Crippen LogP contribution in [0.3, 0.4) is 0 Å². The summed E-state index contributed by atoms with van der Waals surface area (Å²) < 4.78 is 0.820. The number of nitrogens with zero attached hydrogens (tertiary/aromatic N) is 2. The van der Waals surface area contributed by atoms with Gasteiger partial charge in [0.2, 0.25) is 5.91 Å². The van der Waals surface area contributed by atoms with Crippen LogP contribution in [-0.2, 0) is 11.2 Å². The maximum absolute atomic E-state index is 11.9. The second-order valence-electron chi connectivity index (χ2n) is 4.38. The molecule has 0 aliphatic carbocycles. The fourth-order valence-corrected chi connectivity index (χ4v) is 3.06. The van der Waals surface area contributed by atoms with Crippen LogP contribution in [-0.4, -0.2) is 21.9 Å². The standard InChI is InChI=1S/C14H17N3OS2/c1-3-11-4-6-12(7-5-11)10(2)16-13(18)8-19-14-17-15-9-20-14/h4-7,9-10H,3,8H2,1-2H3,(H,16,18)/t10-/m0/s1. The molecule has 0 spiro atoms. The highest BCUT2D eigenvalue weighted by molar-refractivity contribution is 8.01. The minimum Gasteiger partial charge on any atom is -0.349 e. The van der Waals surface area contributed by atoms with Crippen molar-refractivity contribution >= 4 is 29.0 Å². The molecule has 106 valence electrons. The Labute approximate surface area is 127 Å². The van der Waals surface area contributed by atoms with E-state index in [1.807, 2.05) is 6.92 Å². The summed E-state index contributed by atoms with van der Waals surface area (Å²) in [6.45, 7) is 4.12. The molecule has 0 saturated carbocycles. The molecule has 0 aliphatic heterocycles. The zero-order chi connectivity index (χ0) is 14.4. The van der Waals surface area contributed by atoms with E-state index in [-0.39, 0.29) is 11.9 Å². The lowest BCUT2D eigenvalue weighted by molar-refractivity contribution is -0.119. The van der Waals surface area contributed by atoms with E-state index >= 15 is 0 Å². The summed E-state index contributed by atoms with van der Waals surface area (Å²) in [6.07, 6.45) is 1.03. The molecule has 1 atom stereocenters. The van der Waals surface area contributed by atoms with Gasteiger partial charge in [0.1, 0.15) is 5.51 Å². The number of aryl methyl sites for hydroxylation is 1. The first-order valence-corrected chi connectivity index (χ1v) is 8.32. The van der Waals surface area contributed by atoms with Gasteiger partial charge in [-0.25, -0.2) is 0 Å². The highest BCUT2D eigenvalue weighted by atomic mass is 32.2. The summed E-state index contributed by atoms with van der Waals surface area (Å²) in [7, 11) is 0. The third-order valence-electron chi connectivity index (χ3n) is 2.93. The lowest BCUT2D eigenvalue weighted by atomic mass is 10.1. The van der Waals surface area contributed by atoms with Gasteiger partial charge in [0, 0.05) is 0 Å². The summed E-state index contributed by atoms with van der Waals surface area (Å²) >= 11 is 2.86. The molecule has 0 saturated heterocycles. The second kappa shape index (κ2) is 7.40. The number of amides is 1. The average molecular weight is 307 g/mol. The summed E-state index contributed by atoms with van der Waals surface area (Å²) in [6, 6.07) is 8.37. The molecule has 0 aliphatic rings. The predicted octanol–water partition coefficient (Wildman–Crippen LogP) is 3.07. The molecule has 2 rings (SSSR count). The molecule has 0 radical (unpaired) electrons. The van der Waals surface area contributed by atoms with Crippen LogP contribution in [0.4, 0.5) is 0 Å². The van der Waals surface area contributed by atoms with E-state index in [0.717, 1.165) is 16.3 Å². The Morgan fingerprint density at radius 3 is 2.75 bits per heavy atom. The number of nitrogens with one attached hydrogen (secondary N) is 1. The number of hydrogen-bond donors (Lipinski definition) is 1. The maximum Gasteiger partial charge on any atom is 0.230 e. The van der Waals surface area contributed by atoms with Gasteiger partial charge in [-0.2, -0.15) is 0 Å². The number of carbonyl (C=O) groups excluding carboxylic acids is 1. The van der Waals surface area contributed by atoms with Crippen molar-refractivity contribution in [1.29, 1.82) is 0 Å². The van der Waals surface area contributed by atoms with E-state index < -0.39 is 0 Å². The van der Waals surface area contributed by atoms with Crippen LogP contribution in [0, 0.1) is 0 Å². The lowest BCUT2D eigenvalue weighted by Crippen LogP contribution is -2.28. The average Bonchev–Trinajstić information content (AvgIpc) is 2.98. The van der Waals surface area contributed by atoms with E-state index in [0.29, 0.717) is 5.75 Å². The molecule has 1 aromatic carbocycles. The highest BCUT2D eigenvalue weighted by Gasteiger charge is 2.10. The number of benzene rings is 1. The van der Waals surface area contributed by atoms with Crippen LogP contribution in [0.2, 0.25) is 0 Å². The van der Waals surface area contributed by atoms with Crippen LogP contribution in [0.1, 0.15) is 31.0 Å². The molecular formula is C14H17N3OS2. The van der Waals surface area contributed by atoms with E-state index in [9.17, 15) is 4.79 Å². The Kier molecular flexibility index (Phi) is 5.55. The van der Waals surface area contributed by atoms with Gasteiger partial charge < -0.3 is 5.32 Å². The number of carbonyl (C=O) groups is 1. The van der Waals surface area contributed by atoms with Crippen molar-refractivity contribution < 1.29 is 4.79 Å². The normalized spacial score (nSPS) is 12.1. The van der Waals surface area contributed by atoms with Gasteiger partial charge in [-0.3, -0.25) is 4.79 Å². The maximum atomic E-state index is 11.9. The first-order valence-electron chi connectivity index (χ1n) is 6.46. The molecule has 4 nitrogen and oxygen atoms in total. The summed E-state index contributed by atoms with van der Waals surface area (Å²) in [5, 5.41) is 10.6. The molecule has 0 bridgehead atoms. The number of rotatable bonds is 6. The van der Waals surface area contributed by atoms with E-state index in [1.165, 1.54) is 28.7 Å². The second-order valence-corrected chi connectivity index (χ2v) is 6.43. The number of thioether (sulfide) groups is 1.